The molecular formula is C17H17BrF3N3O4. The van der Waals surface area contributed by atoms with E-state index in [1.165, 1.54) is 12.1 Å². The molecule has 7 nitrogen and oxygen atoms in total. The van der Waals surface area contributed by atoms with Crippen LogP contribution in [0.15, 0.2) is 22.7 Å². The molecule has 2 unspecified atom stereocenters. The Kier molecular flexibility index (Phi) is 4.45. The van der Waals surface area contributed by atoms with Gasteiger partial charge in [-0.1, -0.05) is 29.8 Å². The van der Waals surface area contributed by atoms with Crippen LogP contribution in [0.3, 0.4) is 0 Å². The number of carbonyl (C=O) groups is 3. The molecule has 1 spiro atoms. The van der Waals surface area contributed by atoms with Gasteiger partial charge in [-0.3, -0.25) is 20.2 Å². The second-order valence-corrected chi connectivity index (χ2v) is 8.47. The number of likely N-dealkylation sites (N-methyl/N-ethyl adjacent to an activating group) is 1. The third-order valence-electron chi connectivity index (χ3n) is 5.05. The topological polar surface area (TPSA) is 102 Å². The van der Waals surface area contributed by atoms with Gasteiger partial charge in [0.25, 0.3) is 5.91 Å². The van der Waals surface area contributed by atoms with E-state index in [0.717, 1.165) is 7.05 Å². The standard InChI is InChI=1S/C17H17BrF3N3O4/c1-14(2)7-15(10-6-8(18)4-5-9(10)11(14)25)12(26)24(3)17(22,23-15)28-13(27)16(19,20)21/h4-6,23H,7,22H2,1-3H3. The zero-order valence-electron chi connectivity index (χ0n) is 15.1. The van der Waals surface area contributed by atoms with Crippen LogP contribution in [-0.2, 0) is 19.9 Å². The number of amides is 1. The first-order valence-corrected chi connectivity index (χ1v) is 8.95. The molecule has 3 rings (SSSR count). The highest BCUT2D eigenvalue weighted by molar-refractivity contribution is 9.10. The molecule has 1 aliphatic carbocycles. The van der Waals surface area contributed by atoms with Gasteiger partial charge in [-0.25, -0.2) is 10.1 Å². The first-order valence-electron chi connectivity index (χ1n) is 8.15. The lowest BCUT2D eigenvalue weighted by Gasteiger charge is -2.41. The monoisotopic (exact) mass is 463 g/mol. The SMILES string of the molecule is CN1C(=O)C2(CC(C)(C)C(=O)c3ccc(Br)cc32)NC1(N)OC(=O)C(F)(F)F. The molecule has 28 heavy (non-hydrogen) atoms. The van der Waals surface area contributed by atoms with E-state index in [1.807, 2.05) is 0 Å². The lowest BCUT2D eigenvalue weighted by atomic mass is 9.64. The van der Waals surface area contributed by atoms with Crippen LogP contribution in [0, 0.1) is 5.41 Å². The molecule has 0 aromatic heterocycles. The van der Waals surface area contributed by atoms with Crippen LogP contribution in [0.25, 0.3) is 0 Å². The van der Waals surface area contributed by atoms with Crippen molar-refractivity contribution in [3.05, 3.63) is 33.8 Å². The van der Waals surface area contributed by atoms with Crippen molar-refractivity contribution in [3.8, 4) is 0 Å². The van der Waals surface area contributed by atoms with Crippen LogP contribution in [-0.4, -0.2) is 41.8 Å². The number of ketones is 1. The van der Waals surface area contributed by atoms with Gasteiger partial charge in [0.15, 0.2) is 5.78 Å². The highest BCUT2D eigenvalue weighted by Gasteiger charge is 2.65. The highest BCUT2D eigenvalue weighted by atomic mass is 79.9. The molecule has 0 radical (unpaired) electrons. The molecule has 1 aromatic carbocycles. The maximum absolute atomic E-state index is 13.2. The minimum absolute atomic E-state index is 0.0893. The molecule has 1 heterocycles. The highest BCUT2D eigenvalue weighted by Crippen LogP contribution is 2.49. The molecule has 11 heteroatoms. The minimum Gasteiger partial charge on any atom is -0.404 e. The number of nitrogens with one attached hydrogen (secondary N) is 1. The number of carbonyl (C=O) groups excluding carboxylic acids is 3. The van der Waals surface area contributed by atoms with Crippen LogP contribution < -0.4 is 11.1 Å². The number of ether oxygens (including phenoxy) is 1. The van der Waals surface area contributed by atoms with Crippen LogP contribution in [0.1, 0.15) is 36.2 Å². The second-order valence-electron chi connectivity index (χ2n) is 7.56. The fourth-order valence-corrected chi connectivity index (χ4v) is 4.11. The number of Topliss-reactive ketones (excluding diaryl/α,β-unsaturated/α-hetero) is 1. The van der Waals surface area contributed by atoms with E-state index < -0.39 is 35.0 Å². The smallest absolute Gasteiger partial charge is 0.404 e. The van der Waals surface area contributed by atoms with Crippen LogP contribution in [0.5, 0.6) is 0 Å². The summed E-state index contributed by atoms with van der Waals surface area (Å²) in [6.45, 7) is 3.24. The predicted octanol–water partition coefficient (Wildman–Crippen LogP) is 1.99. The average Bonchev–Trinajstić information content (AvgIpc) is 2.73. The molecule has 3 N–H and O–H groups in total. The van der Waals surface area contributed by atoms with Gasteiger partial charge in [0, 0.05) is 22.5 Å². The van der Waals surface area contributed by atoms with Gasteiger partial charge in [-0.15, -0.1) is 0 Å². The van der Waals surface area contributed by atoms with E-state index in [2.05, 4.69) is 26.0 Å². The molecule has 152 valence electrons. The van der Waals surface area contributed by atoms with Crippen molar-refractivity contribution in [1.82, 2.24) is 10.2 Å². The molecule has 1 aromatic rings. The summed E-state index contributed by atoms with van der Waals surface area (Å²) in [4.78, 5) is 38.1. The summed E-state index contributed by atoms with van der Waals surface area (Å²) < 4.78 is 43.0. The Balaban J connectivity index is 2.15. The number of esters is 1. The van der Waals surface area contributed by atoms with E-state index in [-0.39, 0.29) is 23.3 Å². The fourth-order valence-electron chi connectivity index (χ4n) is 3.75. The lowest BCUT2D eigenvalue weighted by Crippen LogP contribution is -2.64. The second kappa shape index (κ2) is 6.01. The molecular weight excluding hydrogens is 447 g/mol. The van der Waals surface area contributed by atoms with Gasteiger partial charge in [-0.05, 0) is 30.2 Å². The predicted molar refractivity (Wildman–Crippen MR) is 93.5 cm³/mol. The minimum atomic E-state index is -5.30. The van der Waals surface area contributed by atoms with Crippen LogP contribution in [0.2, 0.25) is 0 Å². The Hall–Kier alpha value is -1.98. The number of benzene rings is 1. The molecule has 1 amide bonds. The molecule has 0 bridgehead atoms. The Morgan fingerprint density at radius 2 is 1.93 bits per heavy atom. The van der Waals surface area contributed by atoms with Gasteiger partial charge in [0.2, 0.25) is 0 Å². The van der Waals surface area contributed by atoms with E-state index in [1.54, 1.807) is 19.9 Å². The lowest BCUT2D eigenvalue weighted by molar-refractivity contribution is -0.229. The summed E-state index contributed by atoms with van der Waals surface area (Å²) in [5, 5.41) is 2.58. The van der Waals surface area contributed by atoms with Crippen molar-refractivity contribution in [1.29, 1.82) is 0 Å². The Labute approximate surface area is 166 Å². The van der Waals surface area contributed by atoms with Crippen LogP contribution in [0.4, 0.5) is 13.2 Å². The van der Waals surface area contributed by atoms with Crippen molar-refractivity contribution in [2.24, 2.45) is 11.1 Å². The maximum atomic E-state index is 13.2. The van der Waals surface area contributed by atoms with Gasteiger partial charge in [0.05, 0.1) is 0 Å². The summed E-state index contributed by atoms with van der Waals surface area (Å²) in [5.74, 6) is -6.02. The number of fused-ring (bicyclic) bond motifs is 2. The largest absolute Gasteiger partial charge is 0.491 e. The van der Waals surface area contributed by atoms with E-state index in [4.69, 9.17) is 5.73 Å². The Morgan fingerprint density at radius 1 is 1.32 bits per heavy atom. The number of nitrogens with zero attached hydrogens (tertiary/aromatic N) is 1. The number of hydrogen-bond acceptors (Lipinski definition) is 6. The van der Waals surface area contributed by atoms with Crippen molar-refractivity contribution in [2.45, 2.75) is 38.0 Å². The molecule has 2 atom stereocenters. The Morgan fingerprint density at radius 3 is 2.50 bits per heavy atom. The van der Waals surface area contributed by atoms with Crippen molar-refractivity contribution in [2.75, 3.05) is 7.05 Å². The summed E-state index contributed by atoms with van der Waals surface area (Å²) in [7, 11) is 1.12. The van der Waals surface area contributed by atoms with Gasteiger partial charge >= 0.3 is 18.1 Å². The summed E-state index contributed by atoms with van der Waals surface area (Å²) in [5.41, 5.74) is 3.68. The molecule has 0 saturated carbocycles. The fraction of sp³-hybridized carbons (Fsp3) is 0.471. The van der Waals surface area contributed by atoms with Crippen molar-refractivity contribution in [3.63, 3.8) is 0 Å². The molecule has 1 saturated heterocycles. The van der Waals surface area contributed by atoms with Gasteiger partial charge in [0.1, 0.15) is 5.54 Å². The zero-order chi connectivity index (χ0) is 21.3. The normalized spacial score (nSPS) is 29.2. The van der Waals surface area contributed by atoms with Gasteiger partial charge < -0.3 is 4.74 Å². The number of alkyl halides is 3. The zero-order valence-corrected chi connectivity index (χ0v) is 16.7. The molecule has 1 fully saturated rings. The number of nitrogens with two attached hydrogens (primary N) is 1. The number of rotatable bonds is 1. The third-order valence-corrected chi connectivity index (χ3v) is 5.54. The quantitative estimate of drug-likeness (QED) is 0.487. The van der Waals surface area contributed by atoms with Crippen molar-refractivity contribution < 1.29 is 32.3 Å². The Bertz CT molecular complexity index is 904. The number of hydrogen-bond donors (Lipinski definition) is 2. The average molecular weight is 464 g/mol. The summed E-state index contributed by atoms with van der Waals surface area (Å²) in [6, 6.07) is 4.67. The third kappa shape index (κ3) is 2.92. The maximum Gasteiger partial charge on any atom is 0.491 e. The number of halogens is 4. The van der Waals surface area contributed by atoms with E-state index in [0.29, 0.717) is 9.37 Å². The molecule has 1 aliphatic heterocycles. The summed E-state index contributed by atoms with van der Waals surface area (Å²) in [6.07, 6.45) is -5.38. The van der Waals surface area contributed by atoms with E-state index >= 15 is 0 Å². The van der Waals surface area contributed by atoms with E-state index in [9.17, 15) is 27.6 Å². The van der Waals surface area contributed by atoms with Crippen LogP contribution >= 0.6 is 15.9 Å². The van der Waals surface area contributed by atoms with Gasteiger partial charge in [-0.2, -0.15) is 13.2 Å². The van der Waals surface area contributed by atoms with Crippen molar-refractivity contribution >= 4 is 33.6 Å². The molecule has 2 aliphatic rings. The first kappa shape index (κ1) is 20.7. The first-order chi connectivity index (χ1) is 12.6. The summed E-state index contributed by atoms with van der Waals surface area (Å²) >= 11 is 3.27.